The van der Waals surface area contributed by atoms with E-state index in [9.17, 15) is 5.11 Å². The molecule has 0 radical (unpaired) electrons. The van der Waals surface area contributed by atoms with E-state index in [4.69, 9.17) is 6.42 Å². The Morgan fingerprint density at radius 3 is 2.73 bits per heavy atom. The molecule has 58 valence electrons. The molecule has 2 N–H and O–H groups in total. The summed E-state index contributed by atoms with van der Waals surface area (Å²) in [7, 11) is 0. The number of aromatic amines is 1. The Labute approximate surface area is 66.3 Å². The lowest BCUT2D eigenvalue weighted by atomic mass is 10.0. The first-order valence-corrected chi connectivity index (χ1v) is 3.42. The van der Waals surface area contributed by atoms with Crippen molar-refractivity contribution < 1.29 is 5.11 Å². The Bertz CT molecular complexity index is 291. The lowest BCUT2D eigenvalue weighted by molar-refractivity contribution is 0.122. The molecule has 11 heavy (non-hydrogen) atoms. The van der Waals surface area contributed by atoms with Crippen LogP contribution in [-0.2, 0) is 5.60 Å². The molecular weight excluding hydrogens is 138 g/mol. The summed E-state index contributed by atoms with van der Waals surface area (Å²) in [6.45, 7) is 3.51. The number of nitrogens with one attached hydrogen (secondary N) is 1. The van der Waals surface area contributed by atoms with Crippen LogP contribution in [0.2, 0.25) is 0 Å². The second-order valence-electron chi connectivity index (χ2n) is 2.79. The minimum atomic E-state index is -1.15. The van der Waals surface area contributed by atoms with Crippen LogP contribution in [0, 0.1) is 19.3 Å². The third-order valence-electron chi connectivity index (χ3n) is 1.67. The van der Waals surface area contributed by atoms with Crippen LogP contribution < -0.4 is 0 Å². The van der Waals surface area contributed by atoms with Crippen LogP contribution in [0.1, 0.15) is 18.2 Å². The molecule has 0 saturated carbocycles. The Morgan fingerprint density at radius 1 is 1.73 bits per heavy atom. The van der Waals surface area contributed by atoms with E-state index in [2.05, 4.69) is 10.9 Å². The second-order valence-corrected chi connectivity index (χ2v) is 2.79. The number of terminal acetylenes is 1. The SMILES string of the molecule is C#CC(C)(O)c1c[nH]c(C)c1. The minimum absolute atomic E-state index is 0.734. The van der Waals surface area contributed by atoms with Gasteiger partial charge in [0.2, 0.25) is 0 Å². The van der Waals surface area contributed by atoms with Crippen LogP contribution in [0.5, 0.6) is 0 Å². The van der Waals surface area contributed by atoms with E-state index in [1.165, 1.54) is 0 Å². The molecule has 0 spiro atoms. The maximum atomic E-state index is 9.55. The van der Waals surface area contributed by atoms with E-state index in [1.807, 2.05) is 13.0 Å². The molecule has 0 aliphatic heterocycles. The highest BCUT2D eigenvalue weighted by Gasteiger charge is 2.19. The Kier molecular flexibility index (Phi) is 1.76. The molecule has 0 bridgehead atoms. The third kappa shape index (κ3) is 1.44. The monoisotopic (exact) mass is 149 g/mol. The zero-order valence-electron chi connectivity index (χ0n) is 6.68. The molecule has 1 unspecified atom stereocenters. The van der Waals surface area contributed by atoms with Crippen molar-refractivity contribution in [3.63, 3.8) is 0 Å². The number of aromatic nitrogens is 1. The van der Waals surface area contributed by atoms with Gasteiger partial charge in [0.25, 0.3) is 0 Å². The Morgan fingerprint density at radius 2 is 2.36 bits per heavy atom. The topological polar surface area (TPSA) is 36.0 Å². The van der Waals surface area contributed by atoms with Gasteiger partial charge in [-0.25, -0.2) is 0 Å². The number of rotatable bonds is 1. The van der Waals surface area contributed by atoms with Gasteiger partial charge in [0, 0.05) is 17.5 Å². The maximum Gasteiger partial charge on any atom is 0.149 e. The molecular formula is C9H11NO. The summed E-state index contributed by atoms with van der Waals surface area (Å²) in [5.74, 6) is 2.31. The zero-order valence-corrected chi connectivity index (χ0v) is 6.68. The van der Waals surface area contributed by atoms with E-state index in [0.29, 0.717) is 0 Å². The van der Waals surface area contributed by atoms with Gasteiger partial charge >= 0.3 is 0 Å². The van der Waals surface area contributed by atoms with Gasteiger partial charge in [-0.1, -0.05) is 5.92 Å². The molecule has 1 rings (SSSR count). The van der Waals surface area contributed by atoms with Crippen molar-refractivity contribution >= 4 is 0 Å². The quantitative estimate of drug-likeness (QED) is 0.577. The van der Waals surface area contributed by atoms with Crippen molar-refractivity contribution in [2.24, 2.45) is 0 Å². The normalized spacial score (nSPS) is 15.5. The average molecular weight is 149 g/mol. The molecule has 0 aliphatic carbocycles. The van der Waals surface area contributed by atoms with E-state index < -0.39 is 5.60 Å². The van der Waals surface area contributed by atoms with Gasteiger partial charge in [-0.05, 0) is 19.9 Å². The second kappa shape index (κ2) is 2.44. The minimum Gasteiger partial charge on any atom is -0.374 e. The van der Waals surface area contributed by atoms with Crippen molar-refractivity contribution in [1.82, 2.24) is 4.98 Å². The average Bonchev–Trinajstić information content (AvgIpc) is 2.36. The number of aliphatic hydroxyl groups is 1. The summed E-state index contributed by atoms with van der Waals surface area (Å²) in [6, 6.07) is 1.83. The van der Waals surface area contributed by atoms with Crippen molar-refractivity contribution in [2.75, 3.05) is 0 Å². The molecule has 1 atom stereocenters. The third-order valence-corrected chi connectivity index (χ3v) is 1.67. The molecule has 2 heteroatoms. The smallest absolute Gasteiger partial charge is 0.149 e. The van der Waals surface area contributed by atoms with Crippen LogP contribution in [0.15, 0.2) is 12.3 Å². The van der Waals surface area contributed by atoms with Gasteiger partial charge in [0.05, 0.1) is 0 Å². The van der Waals surface area contributed by atoms with E-state index in [1.54, 1.807) is 13.1 Å². The summed E-state index contributed by atoms with van der Waals surface area (Å²) in [4.78, 5) is 2.95. The number of hydrogen-bond acceptors (Lipinski definition) is 1. The number of aryl methyl sites for hydroxylation is 1. The predicted molar refractivity (Wildman–Crippen MR) is 43.9 cm³/mol. The molecule has 2 nitrogen and oxygen atoms in total. The van der Waals surface area contributed by atoms with Gasteiger partial charge in [-0.15, -0.1) is 6.42 Å². The van der Waals surface area contributed by atoms with Crippen LogP contribution >= 0.6 is 0 Å². The van der Waals surface area contributed by atoms with E-state index in [0.717, 1.165) is 11.3 Å². The van der Waals surface area contributed by atoms with Gasteiger partial charge in [0.1, 0.15) is 5.60 Å². The summed E-state index contributed by atoms with van der Waals surface area (Å²) < 4.78 is 0. The van der Waals surface area contributed by atoms with Crippen molar-refractivity contribution in [3.8, 4) is 12.3 Å². The highest BCUT2D eigenvalue weighted by atomic mass is 16.3. The molecule has 0 aliphatic rings. The first-order valence-electron chi connectivity index (χ1n) is 3.42. The van der Waals surface area contributed by atoms with Crippen LogP contribution in [0.3, 0.4) is 0 Å². The zero-order chi connectivity index (χ0) is 8.48. The molecule has 1 aromatic rings. The summed E-state index contributed by atoms with van der Waals surface area (Å²) in [5, 5.41) is 9.55. The molecule has 0 amide bonds. The highest BCUT2D eigenvalue weighted by Crippen LogP contribution is 2.19. The van der Waals surface area contributed by atoms with Crippen LogP contribution in [-0.4, -0.2) is 10.1 Å². The van der Waals surface area contributed by atoms with E-state index >= 15 is 0 Å². The van der Waals surface area contributed by atoms with Gasteiger partial charge < -0.3 is 10.1 Å². The standard InChI is InChI=1S/C9H11NO/c1-4-9(3,11)8-5-7(2)10-6-8/h1,5-6,10-11H,2-3H3. The predicted octanol–water partition coefficient (Wildman–Crippen LogP) is 1.16. The first kappa shape index (κ1) is 7.90. The van der Waals surface area contributed by atoms with Crippen molar-refractivity contribution in [3.05, 3.63) is 23.5 Å². The molecule has 1 heterocycles. The van der Waals surface area contributed by atoms with Crippen LogP contribution in [0.25, 0.3) is 0 Å². The summed E-state index contributed by atoms with van der Waals surface area (Å²) >= 11 is 0. The fraction of sp³-hybridized carbons (Fsp3) is 0.333. The first-order chi connectivity index (χ1) is 5.06. The van der Waals surface area contributed by atoms with Crippen molar-refractivity contribution in [1.29, 1.82) is 0 Å². The maximum absolute atomic E-state index is 9.55. The van der Waals surface area contributed by atoms with Gasteiger partial charge in [-0.2, -0.15) is 0 Å². The Balaban J connectivity index is 3.04. The van der Waals surface area contributed by atoms with Gasteiger partial charge in [0.15, 0.2) is 0 Å². The summed E-state index contributed by atoms with van der Waals surface area (Å²) in [5.41, 5.74) is 0.582. The molecule has 1 aromatic heterocycles. The van der Waals surface area contributed by atoms with Crippen LogP contribution in [0.4, 0.5) is 0 Å². The lowest BCUT2D eigenvalue weighted by Crippen LogP contribution is -2.16. The largest absolute Gasteiger partial charge is 0.374 e. The van der Waals surface area contributed by atoms with Gasteiger partial charge in [-0.3, -0.25) is 0 Å². The fourth-order valence-corrected chi connectivity index (χ4v) is 0.873. The van der Waals surface area contributed by atoms with E-state index in [-0.39, 0.29) is 0 Å². The highest BCUT2D eigenvalue weighted by molar-refractivity contribution is 5.29. The summed E-state index contributed by atoms with van der Waals surface area (Å²) in [6.07, 6.45) is 6.85. The number of H-pyrrole nitrogens is 1. The molecule has 0 fully saturated rings. The lowest BCUT2D eigenvalue weighted by Gasteiger charge is -2.13. The molecule has 0 aromatic carbocycles. The molecule has 0 saturated heterocycles. The Hall–Kier alpha value is -1.20. The van der Waals surface area contributed by atoms with Crippen molar-refractivity contribution in [2.45, 2.75) is 19.4 Å². The fourth-order valence-electron chi connectivity index (χ4n) is 0.873. The number of hydrogen-bond donors (Lipinski definition) is 2.